The van der Waals surface area contributed by atoms with Gasteiger partial charge in [-0.25, -0.2) is 0 Å². The molecule has 1 aromatic carbocycles. The topological polar surface area (TPSA) is 50.1 Å². The third-order valence-corrected chi connectivity index (χ3v) is 3.37. The predicted molar refractivity (Wildman–Crippen MR) is 64.8 cm³/mol. The first kappa shape index (κ1) is 12.7. The van der Waals surface area contributed by atoms with Gasteiger partial charge in [0, 0.05) is 16.6 Å². The van der Waals surface area contributed by atoms with Crippen molar-refractivity contribution in [3.05, 3.63) is 29.8 Å². The van der Waals surface area contributed by atoms with Crippen molar-refractivity contribution in [2.45, 2.75) is 13.3 Å². The van der Waals surface area contributed by atoms with Gasteiger partial charge in [0.15, 0.2) is 0 Å². The minimum atomic E-state index is -0.776. The van der Waals surface area contributed by atoms with Gasteiger partial charge in [-0.1, -0.05) is 19.1 Å². The fraction of sp³-hybridized carbons (Fsp3) is 0.417. The Kier molecular flexibility index (Phi) is 5.58. The minimum absolute atomic E-state index is 0.417. The molecule has 0 heterocycles. The zero-order chi connectivity index (χ0) is 11.8. The molecule has 16 heavy (non-hydrogen) atoms. The molecule has 0 aliphatic carbocycles. The van der Waals surface area contributed by atoms with E-state index < -0.39 is 10.8 Å². The maximum atomic E-state index is 11.1. The molecular weight excluding hydrogens is 222 g/mol. The normalized spacial score (nSPS) is 11.8. The molecule has 4 heteroatoms. The summed E-state index contributed by atoms with van der Waals surface area (Å²) < 4.78 is 16.6. The van der Waals surface area contributed by atoms with Crippen LogP contribution in [0.5, 0.6) is 5.75 Å². The van der Waals surface area contributed by atoms with E-state index >= 15 is 0 Å². The summed E-state index contributed by atoms with van der Waals surface area (Å²) in [5.74, 6) is 2.00. The van der Waals surface area contributed by atoms with Crippen LogP contribution in [0, 0.1) is 11.3 Å². The van der Waals surface area contributed by atoms with E-state index in [1.165, 1.54) is 0 Å². The van der Waals surface area contributed by atoms with Crippen LogP contribution in [0.3, 0.4) is 0 Å². The van der Waals surface area contributed by atoms with Crippen LogP contribution < -0.4 is 4.74 Å². The van der Waals surface area contributed by atoms with Crippen LogP contribution in [0.1, 0.15) is 12.5 Å². The lowest BCUT2D eigenvalue weighted by Crippen LogP contribution is -2.09. The molecule has 0 amide bonds. The van der Waals surface area contributed by atoms with E-state index in [-0.39, 0.29) is 0 Å². The second-order valence-electron chi connectivity index (χ2n) is 3.26. The molecule has 0 aliphatic rings. The maximum Gasteiger partial charge on any atom is 0.119 e. The van der Waals surface area contributed by atoms with E-state index in [4.69, 9.17) is 10.00 Å². The van der Waals surface area contributed by atoms with E-state index in [0.29, 0.717) is 24.5 Å². The second-order valence-corrected chi connectivity index (χ2v) is 5.13. The molecule has 0 N–H and O–H groups in total. The smallest absolute Gasteiger partial charge is 0.119 e. The molecule has 0 saturated heterocycles. The highest BCUT2D eigenvalue weighted by Gasteiger charge is 1.98. The highest BCUT2D eigenvalue weighted by Crippen LogP contribution is 2.12. The van der Waals surface area contributed by atoms with E-state index in [1.807, 2.05) is 31.2 Å². The zero-order valence-electron chi connectivity index (χ0n) is 9.31. The van der Waals surface area contributed by atoms with Crippen LogP contribution >= 0.6 is 0 Å². The van der Waals surface area contributed by atoms with E-state index in [2.05, 4.69) is 6.07 Å². The van der Waals surface area contributed by atoms with Gasteiger partial charge in [0.25, 0.3) is 0 Å². The van der Waals surface area contributed by atoms with Crippen molar-refractivity contribution in [2.75, 3.05) is 18.1 Å². The summed E-state index contributed by atoms with van der Waals surface area (Å²) in [6.45, 7) is 2.37. The number of nitriles is 1. The zero-order valence-corrected chi connectivity index (χ0v) is 10.1. The first-order valence-electron chi connectivity index (χ1n) is 5.20. The van der Waals surface area contributed by atoms with Crippen LogP contribution in [-0.2, 0) is 17.2 Å². The van der Waals surface area contributed by atoms with Crippen LogP contribution in [0.2, 0.25) is 0 Å². The molecule has 0 fully saturated rings. The van der Waals surface area contributed by atoms with Crippen molar-refractivity contribution in [1.82, 2.24) is 0 Å². The molecule has 1 atom stereocenters. The summed E-state index contributed by atoms with van der Waals surface area (Å²) in [6.07, 6.45) is 0.417. The Morgan fingerprint density at radius 3 is 2.62 bits per heavy atom. The number of nitrogens with zero attached hydrogens (tertiary/aromatic N) is 1. The highest BCUT2D eigenvalue weighted by molar-refractivity contribution is 7.84. The molecule has 0 saturated carbocycles. The third-order valence-electron chi connectivity index (χ3n) is 2.11. The lowest BCUT2D eigenvalue weighted by atomic mass is 10.2. The molecular formula is C12H15NO2S. The molecule has 86 valence electrons. The van der Waals surface area contributed by atoms with Crippen molar-refractivity contribution in [3.8, 4) is 11.8 Å². The average Bonchev–Trinajstić information content (AvgIpc) is 2.31. The van der Waals surface area contributed by atoms with Gasteiger partial charge >= 0.3 is 0 Å². The molecule has 1 unspecified atom stereocenters. The molecule has 1 aromatic rings. The van der Waals surface area contributed by atoms with Crippen LogP contribution in [0.4, 0.5) is 0 Å². The van der Waals surface area contributed by atoms with Gasteiger partial charge in [0.2, 0.25) is 0 Å². The molecule has 0 spiro atoms. The number of hydrogen-bond acceptors (Lipinski definition) is 3. The van der Waals surface area contributed by atoms with Gasteiger partial charge in [-0.05, 0) is 17.7 Å². The predicted octanol–water partition coefficient (Wildman–Crippen LogP) is 1.90. The van der Waals surface area contributed by atoms with E-state index in [1.54, 1.807) is 0 Å². The molecule has 0 aliphatic heterocycles. The minimum Gasteiger partial charge on any atom is -0.493 e. The SMILES string of the molecule is CCS(=O)CCOc1ccc(CC#N)cc1. The molecule has 3 nitrogen and oxygen atoms in total. The van der Waals surface area contributed by atoms with Crippen molar-refractivity contribution < 1.29 is 8.95 Å². The Labute approximate surface area is 98.5 Å². The Balaban J connectivity index is 2.38. The number of ether oxygens (including phenoxy) is 1. The van der Waals surface area contributed by atoms with Gasteiger partial charge in [-0.15, -0.1) is 0 Å². The monoisotopic (exact) mass is 237 g/mol. The van der Waals surface area contributed by atoms with Crippen LogP contribution in [0.15, 0.2) is 24.3 Å². The van der Waals surface area contributed by atoms with Gasteiger partial charge in [-0.3, -0.25) is 4.21 Å². The summed E-state index contributed by atoms with van der Waals surface area (Å²) in [5.41, 5.74) is 0.979. The van der Waals surface area contributed by atoms with Crippen molar-refractivity contribution >= 4 is 10.8 Å². The first-order valence-corrected chi connectivity index (χ1v) is 6.68. The summed E-state index contributed by atoms with van der Waals surface area (Å²) >= 11 is 0. The Morgan fingerprint density at radius 2 is 2.06 bits per heavy atom. The van der Waals surface area contributed by atoms with E-state index in [9.17, 15) is 4.21 Å². The van der Waals surface area contributed by atoms with Crippen molar-refractivity contribution in [1.29, 1.82) is 5.26 Å². The first-order chi connectivity index (χ1) is 7.76. The number of benzene rings is 1. The fourth-order valence-corrected chi connectivity index (χ4v) is 1.75. The van der Waals surface area contributed by atoms with Crippen LogP contribution in [0.25, 0.3) is 0 Å². The quantitative estimate of drug-likeness (QED) is 0.759. The van der Waals surface area contributed by atoms with Crippen molar-refractivity contribution in [2.24, 2.45) is 0 Å². The standard InChI is InChI=1S/C12H15NO2S/c1-2-16(14)10-9-15-12-5-3-11(4-6-12)7-8-13/h3-6H,2,7,9-10H2,1H3. The summed E-state index contributed by atoms with van der Waals surface area (Å²) in [5, 5.41) is 8.50. The van der Waals surface area contributed by atoms with Gasteiger partial charge < -0.3 is 4.74 Å². The molecule has 0 bridgehead atoms. The number of hydrogen-bond donors (Lipinski definition) is 0. The van der Waals surface area contributed by atoms with Crippen LogP contribution in [-0.4, -0.2) is 22.3 Å². The summed E-state index contributed by atoms with van der Waals surface area (Å²) in [7, 11) is -0.776. The second kappa shape index (κ2) is 7.02. The summed E-state index contributed by atoms with van der Waals surface area (Å²) in [6, 6.07) is 9.50. The molecule has 0 radical (unpaired) electrons. The van der Waals surface area contributed by atoms with Gasteiger partial charge in [0.05, 0.1) is 24.8 Å². The lowest BCUT2D eigenvalue weighted by Gasteiger charge is -2.05. The van der Waals surface area contributed by atoms with Gasteiger partial charge in [0.1, 0.15) is 5.75 Å². The average molecular weight is 237 g/mol. The largest absolute Gasteiger partial charge is 0.493 e. The Hall–Kier alpha value is -1.34. The maximum absolute atomic E-state index is 11.1. The van der Waals surface area contributed by atoms with E-state index in [0.717, 1.165) is 11.3 Å². The summed E-state index contributed by atoms with van der Waals surface area (Å²) in [4.78, 5) is 0. The Bertz CT molecular complexity index is 381. The molecule has 0 aromatic heterocycles. The lowest BCUT2D eigenvalue weighted by molar-refractivity contribution is 0.342. The highest BCUT2D eigenvalue weighted by atomic mass is 32.2. The van der Waals surface area contributed by atoms with Crippen molar-refractivity contribution in [3.63, 3.8) is 0 Å². The number of rotatable bonds is 6. The third kappa shape index (κ3) is 4.45. The Morgan fingerprint density at radius 1 is 1.38 bits per heavy atom. The molecule has 1 rings (SSSR count). The van der Waals surface area contributed by atoms with Gasteiger partial charge in [-0.2, -0.15) is 5.26 Å². The fourth-order valence-electron chi connectivity index (χ4n) is 1.19.